The molecule has 0 aliphatic heterocycles. The summed E-state index contributed by atoms with van der Waals surface area (Å²) in [5, 5.41) is 3.88. The highest BCUT2D eigenvalue weighted by molar-refractivity contribution is 5.80. The number of nitrogens with one attached hydrogen (secondary N) is 1. The predicted molar refractivity (Wildman–Crippen MR) is 95.6 cm³/mol. The van der Waals surface area contributed by atoms with Gasteiger partial charge in [0, 0.05) is 11.1 Å². The molecule has 0 amide bonds. The van der Waals surface area contributed by atoms with Crippen LogP contribution in [0.4, 0.5) is 13.2 Å². The molecule has 2 heterocycles. The van der Waals surface area contributed by atoms with E-state index >= 15 is 0 Å². The predicted octanol–water partition coefficient (Wildman–Crippen LogP) is 5.09. The number of halogens is 3. The molecule has 0 spiro atoms. The first kappa shape index (κ1) is 18.0. The first-order valence-corrected chi connectivity index (χ1v) is 8.57. The molecule has 144 valence electrons. The zero-order chi connectivity index (χ0) is 19.7. The van der Waals surface area contributed by atoms with Gasteiger partial charge in [-0.3, -0.25) is 0 Å². The lowest BCUT2D eigenvalue weighted by molar-refractivity contribution is -0.138. The number of aromatic nitrogens is 4. The van der Waals surface area contributed by atoms with E-state index in [4.69, 9.17) is 9.26 Å². The van der Waals surface area contributed by atoms with E-state index in [-0.39, 0.29) is 29.6 Å². The summed E-state index contributed by atoms with van der Waals surface area (Å²) in [5.41, 5.74) is 1.52. The largest absolute Gasteiger partial charge is 0.493 e. The van der Waals surface area contributed by atoms with Crippen LogP contribution in [0.3, 0.4) is 0 Å². The lowest BCUT2D eigenvalue weighted by Gasteiger charge is -2.14. The number of hydrogen-bond acceptors (Lipinski definition) is 5. The van der Waals surface area contributed by atoms with Crippen molar-refractivity contribution in [1.29, 1.82) is 0 Å². The van der Waals surface area contributed by atoms with E-state index in [0.29, 0.717) is 12.0 Å². The Kier molecular flexibility index (Phi) is 4.50. The Labute approximate surface area is 157 Å². The van der Waals surface area contributed by atoms with Crippen LogP contribution in [0.15, 0.2) is 47.2 Å². The molecule has 0 aliphatic carbocycles. The molecule has 0 bridgehead atoms. The van der Waals surface area contributed by atoms with Crippen molar-refractivity contribution in [3.05, 3.63) is 48.3 Å². The fourth-order valence-electron chi connectivity index (χ4n) is 2.76. The highest BCUT2D eigenvalue weighted by Crippen LogP contribution is 2.39. The molecule has 0 fully saturated rings. The molecule has 0 aliphatic rings. The van der Waals surface area contributed by atoms with Crippen molar-refractivity contribution in [1.82, 2.24) is 20.1 Å². The van der Waals surface area contributed by atoms with Gasteiger partial charge in [0.2, 0.25) is 5.82 Å². The number of fused-ring (bicyclic) bond motifs is 1. The summed E-state index contributed by atoms with van der Waals surface area (Å²) in [6.07, 6.45) is -2.39. The Hall–Kier alpha value is -3.36. The van der Waals surface area contributed by atoms with Crippen molar-refractivity contribution in [2.45, 2.75) is 19.5 Å². The minimum Gasteiger partial charge on any atom is -0.493 e. The van der Waals surface area contributed by atoms with E-state index in [1.54, 1.807) is 24.5 Å². The summed E-state index contributed by atoms with van der Waals surface area (Å²) in [5.74, 6) is 0.0427. The van der Waals surface area contributed by atoms with Crippen LogP contribution in [0.1, 0.15) is 18.9 Å². The van der Waals surface area contributed by atoms with Crippen LogP contribution in [0.25, 0.3) is 33.9 Å². The lowest BCUT2D eigenvalue weighted by Crippen LogP contribution is -2.09. The molecule has 2 aromatic carbocycles. The van der Waals surface area contributed by atoms with Crippen LogP contribution < -0.4 is 4.74 Å². The third kappa shape index (κ3) is 3.42. The first-order valence-electron chi connectivity index (χ1n) is 8.57. The maximum absolute atomic E-state index is 13.4. The highest BCUT2D eigenvalue weighted by Gasteiger charge is 2.35. The van der Waals surface area contributed by atoms with Gasteiger partial charge < -0.3 is 14.2 Å². The SMILES string of the molecule is CCCOc1ccc(-c2nc(-c3ccc4nc[nH]c4c3)no2)cc1C(F)(F)F. The number of H-pyrrole nitrogens is 1. The minimum absolute atomic E-state index is 0.00718. The van der Waals surface area contributed by atoms with Crippen LogP contribution in [0.2, 0.25) is 0 Å². The number of rotatable bonds is 5. The molecule has 4 aromatic rings. The third-order valence-electron chi connectivity index (χ3n) is 4.10. The van der Waals surface area contributed by atoms with Crippen molar-refractivity contribution in [2.24, 2.45) is 0 Å². The summed E-state index contributed by atoms with van der Waals surface area (Å²) >= 11 is 0. The maximum atomic E-state index is 13.4. The number of hydrogen-bond donors (Lipinski definition) is 1. The molecule has 0 saturated carbocycles. The molecule has 4 rings (SSSR count). The van der Waals surface area contributed by atoms with Crippen LogP contribution in [0, 0.1) is 0 Å². The monoisotopic (exact) mass is 388 g/mol. The first-order chi connectivity index (χ1) is 13.5. The fraction of sp³-hybridized carbons (Fsp3) is 0.211. The van der Waals surface area contributed by atoms with Gasteiger partial charge in [0.25, 0.3) is 5.89 Å². The van der Waals surface area contributed by atoms with Gasteiger partial charge in [-0.05, 0) is 42.8 Å². The molecular weight excluding hydrogens is 373 g/mol. The average Bonchev–Trinajstić information content (AvgIpc) is 3.34. The average molecular weight is 388 g/mol. The third-order valence-corrected chi connectivity index (χ3v) is 4.10. The van der Waals surface area contributed by atoms with E-state index in [1.165, 1.54) is 12.1 Å². The number of aromatic amines is 1. The highest BCUT2D eigenvalue weighted by atomic mass is 19.4. The van der Waals surface area contributed by atoms with Crippen LogP contribution in [0.5, 0.6) is 5.75 Å². The number of imidazole rings is 1. The molecule has 6 nitrogen and oxygen atoms in total. The lowest BCUT2D eigenvalue weighted by atomic mass is 10.1. The van der Waals surface area contributed by atoms with Gasteiger partial charge in [0.15, 0.2) is 0 Å². The number of nitrogens with zero attached hydrogens (tertiary/aromatic N) is 3. The molecule has 0 atom stereocenters. The van der Waals surface area contributed by atoms with Gasteiger partial charge in [0.1, 0.15) is 5.75 Å². The fourth-order valence-corrected chi connectivity index (χ4v) is 2.76. The Bertz CT molecular complexity index is 1120. The van der Waals surface area contributed by atoms with Gasteiger partial charge in [-0.25, -0.2) is 4.98 Å². The van der Waals surface area contributed by atoms with Crippen molar-refractivity contribution in [3.63, 3.8) is 0 Å². The van der Waals surface area contributed by atoms with E-state index < -0.39 is 11.7 Å². The summed E-state index contributed by atoms with van der Waals surface area (Å²) < 4.78 is 50.6. The second-order valence-corrected chi connectivity index (χ2v) is 6.11. The Morgan fingerprint density at radius 2 is 1.93 bits per heavy atom. The minimum atomic E-state index is -4.56. The van der Waals surface area contributed by atoms with Gasteiger partial charge >= 0.3 is 6.18 Å². The topological polar surface area (TPSA) is 76.8 Å². The standard InChI is InChI=1S/C19H15F3N4O2/c1-2-7-27-16-6-4-12(8-13(16)19(20,21)22)18-25-17(26-28-18)11-3-5-14-15(9-11)24-10-23-14/h3-6,8-10H,2,7H2,1H3,(H,23,24). The quantitative estimate of drug-likeness (QED) is 0.515. The van der Waals surface area contributed by atoms with Gasteiger partial charge in [0.05, 0.1) is 29.5 Å². The summed E-state index contributed by atoms with van der Waals surface area (Å²) in [4.78, 5) is 11.3. The zero-order valence-electron chi connectivity index (χ0n) is 14.7. The van der Waals surface area contributed by atoms with Gasteiger partial charge in [-0.15, -0.1) is 0 Å². The van der Waals surface area contributed by atoms with Crippen LogP contribution in [-0.2, 0) is 6.18 Å². The Balaban J connectivity index is 1.69. The summed E-state index contributed by atoms with van der Waals surface area (Å²) in [7, 11) is 0. The van der Waals surface area contributed by atoms with Crippen molar-refractivity contribution < 1.29 is 22.4 Å². The molecular formula is C19H15F3N4O2. The van der Waals surface area contributed by atoms with E-state index in [1.807, 2.05) is 6.92 Å². The second-order valence-electron chi connectivity index (χ2n) is 6.11. The van der Waals surface area contributed by atoms with Crippen molar-refractivity contribution in [2.75, 3.05) is 6.61 Å². The smallest absolute Gasteiger partial charge is 0.419 e. The molecule has 28 heavy (non-hydrogen) atoms. The van der Waals surface area contributed by atoms with Crippen LogP contribution in [-0.4, -0.2) is 26.7 Å². The number of ether oxygens (including phenoxy) is 1. The molecule has 0 saturated heterocycles. The molecule has 0 radical (unpaired) electrons. The number of alkyl halides is 3. The normalized spacial score (nSPS) is 11.9. The van der Waals surface area contributed by atoms with Gasteiger partial charge in [-0.2, -0.15) is 18.2 Å². The summed E-state index contributed by atoms with van der Waals surface area (Å²) in [6.45, 7) is 2.02. The molecule has 9 heteroatoms. The Morgan fingerprint density at radius 1 is 1.11 bits per heavy atom. The summed E-state index contributed by atoms with van der Waals surface area (Å²) in [6, 6.07) is 9.05. The molecule has 1 N–H and O–H groups in total. The van der Waals surface area contributed by atoms with E-state index in [0.717, 1.165) is 17.1 Å². The number of benzene rings is 2. The van der Waals surface area contributed by atoms with Crippen LogP contribution >= 0.6 is 0 Å². The van der Waals surface area contributed by atoms with Crippen molar-refractivity contribution >= 4 is 11.0 Å². The second kappa shape index (κ2) is 6.99. The Morgan fingerprint density at radius 3 is 2.71 bits per heavy atom. The van der Waals surface area contributed by atoms with Crippen molar-refractivity contribution in [3.8, 4) is 28.6 Å². The molecule has 2 aromatic heterocycles. The van der Waals surface area contributed by atoms with E-state index in [9.17, 15) is 13.2 Å². The maximum Gasteiger partial charge on any atom is 0.419 e. The van der Waals surface area contributed by atoms with E-state index in [2.05, 4.69) is 20.1 Å². The zero-order valence-corrected chi connectivity index (χ0v) is 14.7. The van der Waals surface area contributed by atoms with Gasteiger partial charge in [-0.1, -0.05) is 12.1 Å². The molecule has 0 unspecified atom stereocenters.